The number of β-amino-alcohol motifs (C(OH)–C–C–N with tert-alkyl or cyclic N) is 1. The quantitative estimate of drug-likeness (QED) is 0.746. The van der Waals surface area contributed by atoms with Crippen LogP contribution in [0.5, 0.6) is 11.5 Å². The number of aryl methyl sites for hydroxylation is 1. The van der Waals surface area contributed by atoms with E-state index in [9.17, 15) is 5.11 Å². The molecule has 1 N–H and O–H groups in total. The number of ether oxygens (including phenoxy) is 2. The van der Waals surface area contributed by atoms with Crippen molar-refractivity contribution in [3.05, 3.63) is 53.9 Å². The monoisotopic (exact) mass is 379 g/mol. The summed E-state index contributed by atoms with van der Waals surface area (Å²) in [4.78, 5) is 6.93. The molecule has 2 aliphatic heterocycles. The minimum absolute atomic E-state index is 0.0864. The van der Waals surface area contributed by atoms with Crippen molar-refractivity contribution in [2.45, 2.75) is 19.4 Å². The molecule has 1 saturated heterocycles. The highest BCUT2D eigenvalue weighted by Gasteiger charge is 2.33. The minimum atomic E-state index is -0.429. The van der Waals surface area contributed by atoms with E-state index in [-0.39, 0.29) is 12.7 Å². The second kappa shape index (κ2) is 6.83. The van der Waals surface area contributed by atoms with Crippen LogP contribution in [0.25, 0.3) is 11.3 Å². The Hall–Kier alpha value is -3.06. The second-order valence-corrected chi connectivity index (χ2v) is 7.32. The minimum Gasteiger partial charge on any atom is -0.454 e. The van der Waals surface area contributed by atoms with Gasteiger partial charge in [0.1, 0.15) is 11.6 Å². The molecule has 1 aromatic carbocycles. The number of pyridine rings is 1. The van der Waals surface area contributed by atoms with Crippen molar-refractivity contribution in [3.8, 4) is 22.8 Å². The van der Waals surface area contributed by atoms with Crippen LogP contribution in [0, 0.1) is 12.8 Å². The first kappa shape index (κ1) is 17.1. The van der Waals surface area contributed by atoms with Crippen LogP contribution in [-0.4, -0.2) is 41.2 Å². The molecule has 0 bridgehead atoms. The summed E-state index contributed by atoms with van der Waals surface area (Å²) in [6, 6.07) is 13.7. The van der Waals surface area contributed by atoms with Gasteiger partial charge in [-0.3, -0.25) is 0 Å². The Balaban J connectivity index is 1.35. The average Bonchev–Trinajstić information content (AvgIpc) is 3.42. The fraction of sp³-hybridized carbons (Fsp3) is 0.333. The highest BCUT2D eigenvalue weighted by Crippen LogP contribution is 2.36. The van der Waals surface area contributed by atoms with E-state index in [1.165, 1.54) is 0 Å². The van der Waals surface area contributed by atoms with Crippen LogP contribution in [0.4, 0.5) is 5.82 Å². The van der Waals surface area contributed by atoms with Crippen molar-refractivity contribution < 1.29 is 19.1 Å². The second-order valence-electron chi connectivity index (χ2n) is 7.32. The van der Waals surface area contributed by atoms with Gasteiger partial charge >= 0.3 is 0 Å². The number of nitrogens with zero attached hydrogens (tertiary/aromatic N) is 3. The SMILES string of the molecule is Cc1cc(C[C@@H]2CN(c3cccc(-c4ccc5c(c4)OCO5)n3)C[C@H]2O)on1. The third kappa shape index (κ3) is 3.18. The molecule has 0 spiro atoms. The van der Waals surface area contributed by atoms with Crippen LogP contribution in [0.1, 0.15) is 11.5 Å². The van der Waals surface area contributed by atoms with E-state index < -0.39 is 6.10 Å². The lowest BCUT2D eigenvalue weighted by molar-refractivity contribution is 0.143. The van der Waals surface area contributed by atoms with E-state index in [4.69, 9.17) is 19.0 Å². The summed E-state index contributed by atoms with van der Waals surface area (Å²) in [5, 5.41) is 14.4. The molecule has 2 aliphatic rings. The summed E-state index contributed by atoms with van der Waals surface area (Å²) in [6.45, 7) is 3.42. The summed E-state index contributed by atoms with van der Waals surface area (Å²) >= 11 is 0. The molecule has 1 fully saturated rings. The van der Waals surface area contributed by atoms with E-state index in [0.29, 0.717) is 13.0 Å². The maximum Gasteiger partial charge on any atom is 0.231 e. The average molecular weight is 379 g/mol. The maximum atomic E-state index is 10.5. The van der Waals surface area contributed by atoms with Crippen LogP contribution in [0.15, 0.2) is 47.0 Å². The third-order valence-corrected chi connectivity index (χ3v) is 5.27. The van der Waals surface area contributed by atoms with E-state index in [2.05, 4.69) is 10.1 Å². The van der Waals surface area contributed by atoms with Crippen molar-refractivity contribution in [2.24, 2.45) is 5.92 Å². The first-order valence-corrected chi connectivity index (χ1v) is 9.38. The zero-order chi connectivity index (χ0) is 19.1. The maximum absolute atomic E-state index is 10.5. The molecule has 0 radical (unpaired) electrons. The molecule has 0 saturated carbocycles. The van der Waals surface area contributed by atoms with E-state index >= 15 is 0 Å². The summed E-state index contributed by atoms with van der Waals surface area (Å²) in [6.07, 6.45) is 0.238. The molecule has 0 unspecified atom stereocenters. The predicted molar refractivity (Wildman–Crippen MR) is 102 cm³/mol. The number of aromatic nitrogens is 2. The molecule has 144 valence electrons. The summed E-state index contributed by atoms with van der Waals surface area (Å²) in [7, 11) is 0. The summed E-state index contributed by atoms with van der Waals surface area (Å²) in [5.74, 6) is 3.25. The summed E-state index contributed by atoms with van der Waals surface area (Å²) < 4.78 is 16.2. The number of aliphatic hydroxyl groups is 1. The normalized spacial score (nSPS) is 20.7. The fourth-order valence-electron chi connectivity index (χ4n) is 3.83. The first-order chi connectivity index (χ1) is 13.7. The van der Waals surface area contributed by atoms with Gasteiger partial charge in [0.25, 0.3) is 0 Å². The molecule has 0 aliphatic carbocycles. The Labute approximate surface area is 162 Å². The standard InChI is InChI=1S/C21H21N3O4/c1-13-7-16(28-23-13)8-15-10-24(11-18(15)25)21-4-2-3-17(22-21)14-5-6-19-20(9-14)27-12-26-19/h2-7,9,15,18,25H,8,10-12H2,1H3/t15-,18-/m1/s1. The highest BCUT2D eigenvalue weighted by atomic mass is 16.7. The molecule has 28 heavy (non-hydrogen) atoms. The Kier molecular flexibility index (Phi) is 4.16. The Morgan fingerprint density at radius 2 is 2.00 bits per heavy atom. The molecule has 0 amide bonds. The summed E-state index contributed by atoms with van der Waals surface area (Å²) in [5.41, 5.74) is 2.69. The van der Waals surface area contributed by atoms with E-state index in [0.717, 1.165) is 46.6 Å². The number of hydrogen-bond acceptors (Lipinski definition) is 7. The van der Waals surface area contributed by atoms with Gasteiger partial charge in [-0.1, -0.05) is 11.2 Å². The highest BCUT2D eigenvalue weighted by molar-refractivity contribution is 5.66. The molecule has 2 aromatic heterocycles. The Bertz CT molecular complexity index is 1000. The molecule has 5 rings (SSSR count). The molecule has 3 aromatic rings. The number of fused-ring (bicyclic) bond motifs is 1. The smallest absolute Gasteiger partial charge is 0.231 e. The first-order valence-electron chi connectivity index (χ1n) is 9.38. The van der Waals surface area contributed by atoms with Crippen LogP contribution >= 0.6 is 0 Å². The van der Waals surface area contributed by atoms with Gasteiger partial charge in [0, 0.05) is 37.1 Å². The van der Waals surface area contributed by atoms with Gasteiger partial charge in [-0.25, -0.2) is 4.98 Å². The molecular weight excluding hydrogens is 358 g/mol. The van der Waals surface area contributed by atoms with Crippen molar-refractivity contribution >= 4 is 5.82 Å². The Morgan fingerprint density at radius 1 is 1.11 bits per heavy atom. The van der Waals surface area contributed by atoms with Gasteiger partial charge in [-0.15, -0.1) is 0 Å². The zero-order valence-electron chi connectivity index (χ0n) is 15.5. The van der Waals surface area contributed by atoms with Crippen LogP contribution in [0.2, 0.25) is 0 Å². The van der Waals surface area contributed by atoms with Crippen LogP contribution < -0.4 is 14.4 Å². The van der Waals surface area contributed by atoms with Crippen molar-refractivity contribution in [1.29, 1.82) is 0 Å². The lowest BCUT2D eigenvalue weighted by Gasteiger charge is -2.18. The van der Waals surface area contributed by atoms with E-state index in [1.54, 1.807) is 0 Å². The Morgan fingerprint density at radius 3 is 2.86 bits per heavy atom. The molecule has 7 nitrogen and oxygen atoms in total. The molecular formula is C21H21N3O4. The van der Waals surface area contributed by atoms with Crippen LogP contribution in [0.3, 0.4) is 0 Å². The third-order valence-electron chi connectivity index (χ3n) is 5.27. The van der Waals surface area contributed by atoms with Gasteiger partial charge < -0.3 is 24.0 Å². The van der Waals surface area contributed by atoms with E-state index in [1.807, 2.05) is 49.4 Å². The number of hydrogen-bond donors (Lipinski definition) is 1. The van der Waals surface area contributed by atoms with Gasteiger partial charge in [0.05, 0.1) is 17.5 Å². The lowest BCUT2D eigenvalue weighted by atomic mass is 10.0. The topological polar surface area (TPSA) is 80.9 Å². The van der Waals surface area contributed by atoms with Gasteiger partial charge in [0.15, 0.2) is 11.5 Å². The largest absolute Gasteiger partial charge is 0.454 e. The molecule has 7 heteroatoms. The predicted octanol–water partition coefficient (Wildman–Crippen LogP) is 2.81. The molecule has 4 heterocycles. The fourth-order valence-corrected chi connectivity index (χ4v) is 3.83. The molecule has 2 atom stereocenters. The van der Waals surface area contributed by atoms with Gasteiger partial charge in [-0.2, -0.15) is 0 Å². The van der Waals surface area contributed by atoms with Crippen molar-refractivity contribution in [3.63, 3.8) is 0 Å². The van der Waals surface area contributed by atoms with Crippen LogP contribution in [-0.2, 0) is 6.42 Å². The lowest BCUT2D eigenvalue weighted by Crippen LogP contribution is -2.22. The number of rotatable bonds is 4. The van der Waals surface area contributed by atoms with Gasteiger partial charge in [-0.05, 0) is 37.3 Å². The number of benzene rings is 1. The number of aliphatic hydroxyl groups excluding tert-OH is 1. The van der Waals surface area contributed by atoms with Crippen molar-refractivity contribution in [2.75, 3.05) is 24.8 Å². The zero-order valence-corrected chi connectivity index (χ0v) is 15.5. The van der Waals surface area contributed by atoms with Gasteiger partial charge in [0.2, 0.25) is 6.79 Å². The van der Waals surface area contributed by atoms with Crippen molar-refractivity contribution in [1.82, 2.24) is 10.1 Å². The number of anilines is 1.